The smallest absolute Gasteiger partial charge is 0.462 e. The lowest BCUT2D eigenvalue weighted by molar-refractivity contribution is -0.161. The van der Waals surface area contributed by atoms with Gasteiger partial charge in [0.2, 0.25) is 0 Å². The minimum Gasteiger partial charge on any atom is -0.462 e. The molecule has 0 amide bonds. The molecule has 0 aromatic heterocycles. The first-order valence-corrected chi connectivity index (χ1v) is 43.2. The average Bonchev–Trinajstić information content (AvgIpc) is 0.955. The fourth-order valence-corrected chi connectivity index (χ4v) is 13.2. The first-order valence-electron chi connectivity index (χ1n) is 40.2. The molecule has 0 saturated carbocycles. The zero-order chi connectivity index (χ0) is 72.3. The summed E-state index contributed by atoms with van der Waals surface area (Å²) in [4.78, 5) is 72.9. The van der Waals surface area contributed by atoms with Crippen molar-refractivity contribution in [2.45, 2.75) is 401 Å². The highest BCUT2D eigenvalue weighted by Gasteiger charge is 2.30. The summed E-state index contributed by atoms with van der Waals surface area (Å²) in [5, 5.41) is 10.6. The number of aliphatic hydroxyl groups excluding tert-OH is 1. The molecule has 19 heteroatoms. The molecule has 3 N–H and O–H groups in total. The number of phosphoric acid groups is 2. The van der Waals surface area contributed by atoms with Gasteiger partial charge < -0.3 is 33.8 Å². The number of hydrogen-bond acceptors (Lipinski definition) is 15. The van der Waals surface area contributed by atoms with Crippen molar-refractivity contribution in [2.24, 2.45) is 17.8 Å². The van der Waals surface area contributed by atoms with E-state index in [1.165, 1.54) is 173 Å². The highest BCUT2D eigenvalue weighted by Crippen LogP contribution is 2.45. The number of phosphoric ester groups is 2. The van der Waals surface area contributed by atoms with Crippen LogP contribution in [-0.2, 0) is 65.4 Å². The summed E-state index contributed by atoms with van der Waals surface area (Å²) in [6, 6.07) is 0. The van der Waals surface area contributed by atoms with Crippen LogP contribution in [0.25, 0.3) is 0 Å². The molecule has 0 fully saturated rings. The van der Waals surface area contributed by atoms with E-state index in [4.69, 9.17) is 37.0 Å². The Bertz CT molecular complexity index is 2000. The van der Waals surface area contributed by atoms with E-state index in [9.17, 15) is 43.2 Å². The molecule has 0 aliphatic heterocycles. The zero-order valence-corrected chi connectivity index (χ0v) is 65.5. The third-order valence-corrected chi connectivity index (χ3v) is 19.7. The van der Waals surface area contributed by atoms with Gasteiger partial charge in [0.15, 0.2) is 12.2 Å². The topological polar surface area (TPSA) is 237 Å². The van der Waals surface area contributed by atoms with Gasteiger partial charge in [-0.25, -0.2) is 9.13 Å². The number of carbonyl (C=O) groups excluding carboxylic acids is 4. The fourth-order valence-electron chi connectivity index (χ4n) is 11.6. The van der Waals surface area contributed by atoms with Crippen LogP contribution in [0.5, 0.6) is 0 Å². The molecule has 0 radical (unpaired) electrons. The minimum atomic E-state index is -4.97. The number of rotatable bonds is 75. The van der Waals surface area contributed by atoms with Crippen molar-refractivity contribution < 1.29 is 80.2 Å². The molecular formula is C79H150O17P2. The summed E-state index contributed by atoms with van der Waals surface area (Å²) in [7, 11) is -9.93. The molecule has 0 bridgehead atoms. The van der Waals surface area contributed by atoms with Crippen molar-refractivity contribution in [3.63, 3.8) is 0 Å². The van der Waals surface area contributed by atoms with Crippen LogP contribution in [0.3, 0.4) is 0 Å². The first kappa shape index (κ1) is 95.5. The summed E-state index contributed by atoms with van der Waals surface area (Å²) in [6.07, 6.45) is 59.2. The van der Waals surface area contributed by atoms with Crippen molar-refractivity contribution in [1.82, 2.24) is 0 Å². The first-order chi connectivity index (χ1) is 47.2. The third-order valence-electron chi connectivity index (χ3n) is 17.8. The molecule has 17 nitrogen and oxygen atoms in total. The van der Waals surface area contributed by atoms with E-state index in [0.717, 1.165) is 121 Å². The highest BCUT2D eigenvalue weighted by atomic mass is 31.2. The quantitative estimate of drug-likeness (QED) is 0.0169. The van der Waals surface area contributed by atoms with Crippen molar-refractivity contribution in [1.29, 1.82) is 0 Å². The van der Waals surface area contributed by atoms with Gasteiger partial charge >= 0.3 is 39.5 Å². The van der Waals surface area contributed by atoms with Gasteiger partial charge in [0, 0.05) is 25.7 Å². The predicted octanol–water partition coefficient (Wildman–Crippen LogP) is 22.9. The second-order valence-corrected chi connectivity index (χ2v) is 32.1. The molecule has 0 aliphatic rings. The molecule has 0 saturated heterocycles. The monoisotopic (exact) mass is 1430 g/mol. The van der Waals surface area contributed by atoms with Gasteiger partial charge in [-0.1, -0.05) is 330 Å². The van der Waals surface area contributed by atoms with Crippen LogP contribution in [0.1, 0.15) is 382 Å². The molecule has 98 heavy (non-hydrogen) atoms. The summed E-state index contributed by atoms with van der Waals surface area (Å²) >= 11 is 0. The van der Waals surface area contributed by atoms with E-state index in [1.54, 1.807) is 0 Å². The molecule has 0 aromatic rings. The van der Waals surface area contributed by atoms with Crippen molar-refractivity contribution >= 4 is 39.5 Å². The summed E-state index contributed by atoms with van der Waals surface area (Å²) in [6.45, 7) is 11.8. The van der Waals surface area contributed by atoms with Crippen LogP contribution in [-0.4, -0.2) is 96.7 Å². The van der Waals surface area contributed by atoms with Crippen LogP contribution in [0, 0.1) is 17.8 Å². The van der Waals surface area contributed by atoms with Gasteiger partial charge in [0.05, 0.1) is 26.4 Å². The third kappa shape index (κ3) is 71.9. The number of allylic oxidation sites excluding steroid dienone is 4. The number of hydrogen-bond donors (Lipinski definition) is 3. The number of ether oxygens (including phenoxy) is 4. The van der Waals surface area contributed by atoms with Crippen LogP contribution in [0.2, 0.25) is 0 Å². The SMILES string of the molecule is CCCCCC/C=C\C=C/CCCCCCCC(=O)O[C@H](COC(=O)CCCCCCCCCC(C)C)COP(=O)(O)OCC(O)COP(=O)(O)OC[C@@H](COC(=O)CCCCCCCCCCCCCCCCCCC(C)C)OC(=O)CCCCCCCCCCCCCC(C)C. The molecule has 5 atom stereocenters. The number of carbonyl (C=O) groups is 4. The van der Waals surface area contributed by atoms with Gasteiger partial charge in [-0.15, -0.1) is 0 Å². The van der Waals surface area contributed by atoms with E-state index in [-0.39, 0.29) is 25.7 Å². The Balaban J connectivity index is 5.26. The summed E-state index contributed by atoms with van der Waals surface area (Å²) < 4.78 is 68.6. The summed E-state index contributed by atoms with van der Waals surface area (Å²) in [5.74, 6) is 0.131. The second kappa shape index (κ2) is 68.9. The molecule has 0 rings (SSSR count). The maximum Gasteiger partial charge on any atom is 0.472 e. The van der Waals surface area contributed by atoms with E-state index < -0.39 is 97.5 Å². The average molecular weight is 1430 g/mol. The Kier molecular flexibility index (Phi) is 67.2. The normalized spacial score (nSPS) is 14.2. The lowest BCUT2D eigenvalue weighted by Gasteiger charge is -2.21. The standard InChI is InChI=1S/C79H150O17P2/c1-8-9-10-11-12-13-14-15-18-23-28-33-40-48-55-62-78(83)96-75(67-90-77(82)61-54-47-42-35-38-45-52-59-72(6)7)69-94-98(87,88)92-65-73(80)64-91-97(85,86)93-68-74(95-79(84)63-56-49-41-34-29-24-26-31-37-44-51-58-71(4)5)66-89-76(81)60-53-46-39-32-27-22-20-17-16-19-21-25-30-36-43-50-57-70(2)3/h13-15,18,70-75,80H,8-12,16-17,19-69H2,1-7H3,(H,85,86)(H,87,88)/b14-13-,18-15-/t73?,74-,75-/m1/s1. The van der Waals surface area contributed by atoms with Gasteiger partial charge in [0.1, 0.15) is 19.3 Å². The Morgan fingerprint density at radius 1 is 0.316 bits per heavy atom. The Morgan fingerprint density at radius 3 is 0.827 bits per heavy atom. The highest BCUT2D eigenvalue weighted by molar-refractivity contribution is 7.47. The van der Waals surface area contributed by atoms with Gasteiger partial charge in [0.25, 0.3) is 0 Å². The molecule has 0 aliphatic carbocycles. The Morgan fingerprint density at radius 2 is 0.551 bits per heavy atom. The maximum absolute atomic E-state index is 13.1. The van der Waals surface area contributed by atoms with Crippen LogP contribution in [0.4, 0.5) is 0 Å². The van der Waals surface area contributed by atoms with Crippen molar-refractivity contribution in [3.05, 3.63) is 24.3 Å². The van der Waals surface area contributed by atoms with E-state index in [2.05, 4.69) is 72.8 Å². The minimum absolute atomic E-state index is 0.0841. The van der Waals surface area contributed by atoms with E-state index in [1.807, 2.05) is 0 Å². The second-order valence-electron chi connectivity index (χ2n) is 29.2. The number of unbranched alkanes of at least 4 members (excludes halogenated alkanes) is 40. The van der Waals surface area contributed by atoms with Gasteiger partial charge in [-0.2, -0.15) is 0 Å². The van der Waals surface area contributed by atoms with Crippen molar-refractivity contribution in [2.75, 3.05) is 39.6 Å². The lowest BCUT2D eigenvalue weighted by atomic mass is 10.0. The molecule has 0 heterocycles. The predicted molar refractivity (Wildman–Crippen MR) is 400 cm³/mol. The van der Waals surface area contributed by atoms with Crippen molar-refractivity contribution in [3.8, 4) is 0 Å². The Hall–Kier alpha value is -2.46. The molecular weight excluding hydrogens is 1280 g/mol. The number of aliphatic hydroxyl groups is 1. The van der Waals surface area contributed by atoms with E-state index in [0.29, 0.717) is 31.6 Å². The summed E-state index contributed by atoms with van der Waals surface area (Å²) in [5.41, 5.74) is 0. The largest absolute Gasteiger partial charge is 0.472 e. The molecule has 578 valence electrons. The molecule has 3 unspecified atom stereocenters. The van der Waals surface area contributed by atoms with E-state index >= 15 is 0 Å². The maximum atomic E-state index is 13.1. The fraction of sp³-hybridized carbons (Fsp3) is 0.899. The number of esters is 4. The van der Waals surface area contributed by atoms with Gasteiger partial charge in [-0.05, 0) is 69.1 Å². The molecule has 0 aromatic carbocycles. The van der Waals surface area contributed by atoms with Crippen LogP contribution in [0.15, 0.2) is 24.3 Å². The Labute approximate surface area is 599 Å². The van der Waals surface area contributed by atoms with Crippen LogP contribution >= 0.6 is 15.6 Å². The van der Waals surface area contributed by atoms with Crippen LogP contribution < -0.4 is 0 Å². The lowest BCUT2D eigenvalue weighted by Crippen LogP contribution is -2.30. The van der Waals surface area contributed by atoms with Gasteiger partial charge in [-0.3, -0.25) is 37.3 Å². The zero-order valence-electron chi connectivity index (χ0n) is 63.7. The molecule has 0 spiro atoms.